The van der Waals surface area contributed by atoms with Crippen LogP contribution in [0.2, 0.25) is 0 Å². The quantitative estimate of drug-likeness (QED) is 0.177. The van der Waals surface area contributed by atoms with Crippen molar-refractivity contribution in [3.63, 3.8) is 0 Å². The number of carbonyl (C=O) groups excluding carboxylic acids is 4. The Bertz CT molecular complexity index is 1210. The van der Waals surface area contributed by atoms with Gasteiger partial charge >= 0.3 is 23.9 Å². The first kappa shape index (κ1) is 24.6. The Kier molecular flexibility index (Phi) is 5.11. The Hall–Kier alpha value is -2.70. The summed E-state index contributed by atoms with van der Waals surface area (Å²) in [6.45, 7) is 9.40. The molecule has 7 rings (SSSR count). The molecule has 6 aliphatic carbocycles. The number of ether oxygens (including phenoxy) is 3. The van der Waals surface area contributed by atoms with Crippen molar-refractivity contribution in [2.45, 2.75) is 79.2 Å². The smallest absolute Gasteiger partial charge is 0.318 e. The van der Waals surface area contributed by atoms with Crippen LogP contribution in [0.3, 0.4) is 0 Å². The minimum absolute atomic E-state index is 0.147. The largest absolute Gasteiger partial charge is 0.463 e. The number of hydrogen-bond acceptors (Lipinski definition) is 7. The first-order valence-electron chi connectivity index (χ1n) is 13.6. The summed E-state index contributed by atoms with van der Waals surface area (Å²) in [6, 6.07) is 0. The molecule has 2 bridgehead atoms. The van der Waals surface area contributed by atoms with Crippen LogP contribution in [0.5, 0.6) is 0 Å². The molecule has 0 aromatic rings. The lowest BCUT2D eigenvalue weighted by atomic mass is 9.31. The molecule has 1 aliphatic heterocycles. The van der Waals surface area contributed by atoms with Crippen molar-refractivity contribution >= 4 is 23.9 Å². The summed E-state index contributed by atoms with van der Waals surface area (Å²) in [4.78, 5) is 50.2. The van der Waals surface area contributed by atoms with Crippen molar-refractivity contribution in [1.29, 1.82) is 0 Å². The van der Waals surface area contributed by atoms with Gasteiger partial charge in [0, 0.05) is 24.7 Å². The lowest BCUT2D eigenvalue weighted by Crippen LogP contribution is -2.68. The highest BCUT2D eigenvalue weighted by Crippen LogP contribution is 2.80. The van der Waals surface area contributed by atoms with E-state index in [1.165, 1.54) is 19.4 Å². The summed E-state index contributed by atoms with van der Waals surface area (Å²) in [6.07, 6.45) is 12.9. The van der Waals surface area contributed by atoms with Gasteiger partial charge in [-0.25, -0.2) is 0 Å². The van der Waals surface area contributed by atoms with Gasteiger partial charge in [0.25, 0.3) is 0 Å². The van der Waals surface area contributed by atoms with Crippen LogP contribution < -0.4 is 0 Å². The summed E-state index contributed by atoms with van der Waals surface area (Å²) in [7, 11) is 0. The Morgan fingerprint density at radius 1 is 1.00 bits per heavy atom. The van der Waals surface area contributed by atoms with Gasteiger partial charge in [0.1, 0.15) is 6.10 Å². The molecule has 2 spiro atoms. The van der Waals surface area contributed by atoms with Gasteiger partial charge in [-0.3, -0.25) is 19.2 Å². The average molecular weight is 509 g/mol. The van der Waals surface area contributed by atoms with Crippen molar-refractivity contribution in [3.8, 4) is 0 Å². The second-order valence-corrected chi connectivity index (χ2v) is 12.8. The second-order valence-electron chi connectivity index (χ2n) is 12.8. The number of esters is 4. The van der Waals surface area contributed by atoms with Crippen LogP contribution in [0.25, 0.3) is 0 Å². The molecular weight excluding hydrogens is 472 g/mol. The normalized spacial score (nSPS) is 47.3. The van der Waals surface area contributed by atoms with Crippen LogP contribution in [0.4, 0.5) is 0 Å². The number of cyclic esters (lactones) is 2. The molecule has 9 atom stereocenters. The third kappa shape index (κ3) is 2.89. The molecule has 4 fully saturated rings. The van der Waals surface area contributed by atoms with Crippen molar-refractivity contribution in [2.24, 2.45) is 45.3 Å². The van der Waals surface area contributed by atoms with Crippen LogP contribution in [-0.2, 0) is 33.4 Å². The first-order valence-corrected chi connectivity index (χ1v) is 13.6. The van der Waals surface area contributed by atoms with E-state index in [0.29, 0.717) is 6.42 Å². The van der Waals surface area contributed by atoms with Gasteiger partial charge < -0.3 is 14.2 Å². The van der Waals surface area contributed by atoms with Crippen molar-refractivity contribution in [3.05, 3.63) is 35.6 Å². The molecular formula is C30H36O7. The molecule has 0 aromatic carbocycles. The summed E-state index contributed by atoms with van der Waals surface area (Å²) in [5.41, 5.74) is 0.625. The van der Waals surface area contributed by atoms with Crippen LogP contribution in [0.15, 0.2) is 35.6 Å². The van der Waals surface area contributed by atoms with E-state index < -0.39 is 34.6 Å². The fourth-order valence-corrected chi connectivity index (χ4v) is 10.1. The highest BCUT2D eigenvalue weighted by Gasteiger charge is 2.79. The molecule has 1 saturated heterocycles. The number of carbonyl (C=O) groups is 4. The summed E-state index contributed by atoms with van der Waals surface area (Å²) >= 11 is 0. The zero-order valence-electron chi connectivity index (χ0n) is 22.3. The topological polar surface area (TPSA) is 96.0 Å². The van der Waals surface area contributed by atoms with Crippen molar-refractivity contribution in [2.75, 3.05) is 0 Å². The van der Waals surface area contributed by atoms with Gasteiger partial charge in [0.2, 0.25) is 0 Å². The second kappa shape index (κ2) is 7.67. The Morgan fingerprint density at radius 3 is 2.43 bits per heavy atom. The van der Waals surface area contributed by atoms with Crippen LogP contribution in [-0.4, -0.2) is 30.0 Å². The van der Waals surface area contributed by atoms with E-state index in [0.717, 1.165) is 37.7 Å². The molecule has 198 valence electrons. The maximum Gasteiger partial charge on any atom is 0.318 e. The predicted molar refractivity (Wildman–Crippen MR) is 132 cm³/mol. The number of hydrogen-bond donors (Lipinski definition) is 0. The van der Waals surface area contributed by atoms with E-state index in [9.17, 15) is 19.2 Å². The van der Waals surface area contributed by atoms with Crippen molar-refractivity contribution in [1.82, 2.24) is 0 Å². The van der Waals surface area contributed by atoms with Gasteiger partial charge in [-0.1, -0.05) is 37.6 Å². The van der Waals surface area contributed by atoms with E-state index in [1.807, 2.05) is 6.92 Å². The van der Waals surface area contributed by atoms with Gasteiger partial charge in [0.15, 0.2) is 0 Å². The average Bonchev–Trinajstić information content (AvgIpc) is 3.34. The van der Waals surface area contributed by atoms with Gasteiger partial charge in [-0.2, -0.15) is 0 Å². The summed E-state index contributed by atoms with van der Waals surface area (Å²) < 4.78 is 16.4. The number of fused-ring (bicyclic) bond motifs is 1. The molecule has 3 saturated carbocycles. The van der Waals surface area contributed by atoms with Crippen LogP contribution >= 0.6 is 0 Å². The lowest BCUT2D eigenvalue weighted by Gasteiger charge is -2.71. The molecule has 7 heteroatoms. The molecule has 7 nitrogen and oxygen atoms in total. The van der Waals surface area contributed by atoms with Gasteiger partial charge in [-0.15, -0.1) is 0 Å². The highest BCUT2D eigenvalue weighted by atomic mass is 16.6. The van der Waals surface area contributed by atoms with Gasteiger partial charge in [0.05, 0.1) is 18.1 Å². The molecule has 0 amide bonds. The molecule has 0 aromatic heterocycles. The number of allylic oxidation sites excluding steroid dienone is 5. The molecule has 0 N–H and O–H groups in total. The first-order chi connectivity index (χ1) is 17.4. The standard InChI is InChI=1S/C30H36O7/c1-16(15-35-17(2)31)20-6-7-21-27(20,4)10-9-22-28(5)11-8-19(36-18(3)32)14-29(28)12-13-30(21,22)24-23(29)25(33)37-26(24)34/h9,12-13,15,19-21,23-24H,6-8,10-11,14H2,1-5H3/b16-15+. The van der Waals surface area contributed by atoms with E-state index in [-0.39, 0.29) is 40.7 Å². The Balaban J connectivity index is 1.50. The molecule has 7 aliphatic rings. The van der Waals surface area contributed by atoms with Crippen molar-refractivity contribution < 1.29 is 33.4 Å². The lowest BCUT2D eigenvalue weighted by molar-refractivity contribution is -0.174. The molecule has 9 unspecified atom stereocenters. The maximum absolute atomic E-state index is 13.5. The summed E-state index contributed by atoms with van der Waals surface area (Å²) in [5.74, 6) is -2.31. The van der Waals surface area contributed by atoms with Crippen LogP contribution in [0.1, 0.15) is 73.1 Å². The van der Waals surface area contributed by atoms with E-state index in [4.69, 9.17) is 14.2 Å². The molecule has 0 radical (unpaired) electrons. The van der Waals surface area contributed by atoms with Crippen LogP contribution in [0, 0.1) is 45.3 Å². The highest BCUT2D eigenvalue weighted by molar-refractivity contribution is 5.99. The van der Waals surface area contributed by atoms with E-state index in [1.54, 1.807) is 6.26 Å². The zero-order valence-corrected chi connectivity index (χ0v) is 22.3. The maximum atomic E-state index is 13.5. The fourth-order valence-electron chi connectivity index (χ4n) is 10.1. The van der Waals surface area contributed by atoms with E-state index in [2.05, 4.69) is 32.1 Å². The Labute approximate surface area is 217 Å². The third-order valence-corrected chi connectivity index (χ3v) is 11.3. The Morgan fingerprint density at radius 2 is 1.73 bits per heavy atom. The van der Waals surface area contributed by atoms with Gasteiger partial charge in [-0.05, 0) is 73.7 Å². The predicted octanol–water partition coefficient (Wildman–Crippen LogP) is 4.81. The zero-order chi connectivity index (χ0) is 26.5. The fraction of sp³-hybridized carbons (Fsp3) is 0.667. The molecule has 1 heterocycles. The third-order valence-electron chi connectivity index (χ3n) is 11.3. The minimum atomic E-state index is -0.621. The minimum Gasteiger partial charge on any atom is -0.463 e. The van der Waals surface area contributed by atoms with E-state index >= 15 is 0 Å². The number of rotatable bonds is 3. The summed E-state index contributed by atoms with van der Waals surface area (Å²) in [5, 5.41) is 0. The SMILES string of the molecule is CC(=O)O/C=C(\C)C1CCC2C1(C)CC=C1C23C=CC2(CC(OC(C)=O)CCC12C)C1C(=O)OC(=O)C13. The molecule has 37 heavy (non-hydrogen) atoms. The monoisotopic (exact) mass is 508 g/mol.